The van der Waals surface area contributed by atoms with Crippen LogP contribution in [0.3, 0.4) is 0 Å². The molecule has 152 valence electrons. The molecule has 8 heteroatoms. The second kappa shape index (κ2) is 9.93. The van der Waals surface area contributed by atoms with Gasteiger partial charge < -0.3 is 19.5 Å². The maximum Gasteiger partial charge on any atom is 0.169 e. The van der Waals surface area contributed by atoms with Crippen LogP contribution < -0.4 is 10.2 Å². The molecule has 2 N–H and O–H groups in total. The average Bonchev–Trinajstić information content (AvgIpc) is 3.22. The van der Waals surface area contributed by atoms with Crippen molar-refractivity contribution in [1.29, 1.82) is 0 Å². The molecule has 7 nitrogen and oxygen atoms in total. The zero-order valence-electron chi connectivity index (χ0n) is 16.4. The van der Waals surface area contributed by atoms with Crippen LogP contribution in [-0.4, -0.2) is 73.6 Å². The summed E-state index contributed by atoms with van der Waals surface area (Å²) in [5.74, 6) is -0.212. The predicted molar refractivity (Wildman–Crippen MR) is 111 cm³/mol. The molecular weight excluding hydrogens is 376 g/mol. The molecule has 0 amide bonds. The third-order valence-electron chi connectivity index (χ3n) is 5.47. The molecule has 1 aliphatic heterocycles. The van der Waals surface area contributed by atoms with Crippen LogP contribution >= 0.6 is 12.2 Å². The van der Waals surface area contributed by atoms with Crippen LogP contribution in [0.25, 0.3) is 0 Å². The molecule has 1 aromatic rings. The van der Waals surface area contributed by atoms with Crippen LogP contribution in [0.15, 0.2) is 27.8 Å². The predicted octanol–water partition coefficient (Wildman–Crippen LogP) is 0.0771. The van der Waals surface area contributed by atoms with Crippen LogP contribution in [0.4, 0.5) is 0 Å². The topological polar surface area (TPSA) is 79.3 Å². The Balaban J connectivity index is 1.40. The first-order valence-electron chi connectivity index (χ1n) is 10.0. The quantitative estimate of drug-likeness (QED) is 0.396. The molecule has 0 atom stereocenters. The van der Waals surface area contributed by atoms with Gasteiger partial charge in [0.05, 0.1) is 45.5 Å². The Bertz CT molecular complexity index is 693. The van der Waals surface area contributed by atoms with E-state index < -0.39 is 5.92 Å². The molecule has 0 aromatic carbocycles. The highest BCUT2D eigenvalue weighted by molar-refractivity contribution is 7.80. The number of carbonyl (C=O) groups is 2. The number of aliphatic imine (C=N–C) groups is 1. The van der Waals surface area contributed by atoms with Gasteiger partial charge in [0, 0.05) is 31.5 Å². The Morgan fingerprint density at radius 3 is 2.68 bits per heavy atom. The van der Waals surface area contributed by atoms with Crippen molar-refractivity contribution in [3.63, 3.8) is 0 Å². The van der Waals surface area contributed by atoms with Gasteiger partial charge in [-0.25, -0.2) is 0 Å². The summed E-state index contributed by atoms with van der Waals surface area (Å²) >= 11 is 5.36. The van der Waals surface area contributed by atoms with Crippen molar-refractivity contribution in [3.8, 4) is 0 Å². The minimum Gasteiger partial charge on any atom is -0.469 e. The minimum absolute atomic E-state index is 0.0562. The lowest BCUT2D eigenvalue weighted by atomic mass is 9.79. The van der Waals surface area contributed by atoms with E-state index in [9.17, 15) is 9.59 Å². The van der Waals surface area contributed by atoms with Gasteiger partial charge in [-0.3, -0.25) is 14.6 Å². The number of furan rings is 1. The maximum atomic E-state index is 12.4. The minimum atomic E-state index is -0.685. The largest absolute Gasteiger partial charge is 0.469 e. The number of thiocarbonyl (C=S) groups is 1. The van der Waals surface area contributed by atoms with Crippen LogP contribution in [-0.2, 0) is 9.59 Å². The zero-order chi connectivity index (χ0) is 19.9. The summed E-state index contributed by atoms with van der Waals surface area (Å²) in [7, 11) is 0. The molecule has 1 aromatic heterocycles. The molecule has 0 radical (unpaired) electrons. The highest BCUT2D eigenvalue weighted by Crippen LogP contribution is 2.31. The van der Waals surface area contributed by atoms with Crippen molar-refractivity contribution in [2.75, 3.05) is 45.8 Å². The number of hydrogen-bond donors (Lipinski definition) is 2. The molecule has 2 fully saturated rings. The number of carbonyl (C=O) groups excluding carboxylic acids is 2. The van der Waals surface area contributed by atoms with Gasteiger partial charge >= 0.3 is 0 Å². The van der Waals surface area contributed by atoms with Crippen LogP contribution in [0.2, 0.25) is 0 Å². The van der Waals surface area contributed by atoms with Gasteiger partial charge in [0.2, 0.25) is 0 Å². The van der Waals surface area contributed by atoms with Crippen molar-refractivity contribution in [3.05, 3.63) is 24.2 Å². The van der Waals surface area contributed by atoms with Crippen molar-refractivity contribution in [1.82, 2.24) is 10.2 Å². The van der Waals surface area contributed by atoms with Gasteiger partial charge in [-0.05, 0) is 31.3 Å². The third-order valence-corrected chi connectivity index (χ3v) is 5.87. The number of Topliss-reactive ketones (excluding diaryl/α,β-unsaturated/α-hetero) is 2. The van der Waals surface area contributed by atoms with Gasteiger partial charge in [-0.2, -0.15) is 0 Å². The molecule has 28 heavy (non-hydrogen) atoms. The van der Waals surface area contributed by atoms with Crippen LogP contribution in [0.1, 0.15) is 31.4 Å². The Morgan fingerprint density at radius 1 is 1.36 bits per heavy atom. The van der Waals surface area contributed by atoms with E-state index >= 15 is 0 Å². The summed E-state index contributed by atoms with van der Waals surface area (Å²) in [4.78, 5) is 32.8. The van der Waals surface area contributed by atoms with Crippen molar-refractivity contribution in [2.45, 2.75) is 25.7 Å². The Kier molecular flexibility index (Phi) is 7.33. The zero-order valence-corrected chi connectivity index (χ0v) is 17.2. The first-order valence-corrected chi connectivity index (χ1v) is 10.4. The van der Waals surface area contributed by atoms with E-state index in [2.05, 4.69) is 15.2 Å². The summed E-state index contributed by atoms with van der Waals surface area (Å²) in [6.07, 6.45) is 3.83. The van der Waals surface area contributed by atoms with Gasteiger partial charge in [0.15, 0.2) is 5.11 Å². The van der Waals surface area contributed by atoms with Crippen LogP contribution in [0, 0.1) is 5.92 Å². The molecule has 2 aliphatic rings. The molecule has 1 aliphatic carbocycles. The lowest BCUT2D eigenvalue weighted by molar-refractivity contribution is -0.902. The normalized spacial score (nSPS) is 24.1. The standard InChI is InChI=1S/C20H28N4O3S/c1-2-22-20(28)24-9-7-23(8-10-24)6-5-21-14-16-17(25)12-15(13-18(16)26)19-4-3-11-27-19/h3-4,11,14-16H,2,5-10,12-13H2,1H3,(H,22,28)/p+1. The van der Waals surface area contributed by atoms with Crippen LogP contribution in [0.5, 0.6) is 0 Å². The molecular formula is C20H29N4O3S+. The van der Waals surface area contributed by atoms with E-state index in [1.807, 2.05) is 13.0 Å². The Labute approximate surface area is 171 Å². The SMILES string of the molecule is CCNC(=S)N1CC[NH+](CCN=CC2C(=O)CC(c3ccco3)CC2=O)CC1. The summed E-state index contributed by atoms with van der Waals surface area (Å²) in [6, 6.07) is 3.61. The number of hydrogen-bond acceptors (Lipinski definition) is 5. The fourth-order valence-corrected chi connectivity index (χ4v) is 4.15. The molecule has 3 rings (SSSR count). The molecule has 1 saturated heterocycles. The van der Waals surface area contributed by atoms with Gasteiger partial charge in [-0.15, -0.1) is 0 Å². The summed E-state index contributed by atoms with van der Waals surface area (Å²) in [5.41, 5.74) is 0. The number of rotatable bonds is 6. The molecule has 1 saturated carbocycles. The Morgan fingerprint density at radius 2 is 2.07 bits per heavy atom. The smallest absolute Gasteiger partial charge is 0.169 e. The van der Waals surface area contributed by atoms with Crippen molar-refractivity contribution in [2.24, 2.45) is 10.9 Å². The molecule has 0 unspecified atom stereocenters. The van der Waals surface area contributed by atoms with Crippen molar-refractivity contribution >= 4 is 35.1 Å². The van der Waals surface area contributed by atoms with Crippen molar-refractivity contribution < 1.29 is 18.9 Å². The van der Waals surface area contributed by atoms with Gasteiger partial charge in [-0.1, -0.05) is 0 Å². The number of nitrogens with one attached hydrogen (secondary N) is 2. The molecule has 0 spiro atoms. The summed E-state index contributed by atoms with van der Waals surface area (Å²) in [5, 5.41) is 4.03. The second-order valence-corrected chi connectivity index (χ2v) is 7.80. The lowest BCUT2D eigenvalue weighted by Gasteiger charge is -2.33. The van der Waals surface area contributed by atoms with E-state index in [0.29, 0.717) is 25.1 Å². The first kappa shape index (κ1) is 20.7. The molecule has 0 bridgehead atoms. The summed E-state index contributed by atoms with van der Waals surface area (Å²) in [6.45, 7) is 8.36. The van der Waals surface area contributed by atoms with Gasteiger partial charge in [0.25, 0.3) is 0 Å². The highest BCUT2D eigenvalue weighted by Gasteiger charge is 2.36. The lowest BCUT2D eigenvalue weighted by Crippen LogP contribution is -3.15. The second-order valence-electron chi connectivity index (χ2n) is 7.41. The number of ketones is 2. The van der Waals surface area contributed by atoms with E-state index in [-0.39, 0.29) is 17.5 Å². The number of quaternary nitrogens is 1. The van der Waals surface area contributed by atoms with E-state index in [1.54, 1.807) is 18.5 Å². The third kappa shape index (κ3) is 5.26. The van der Waals surface area contributed by atoms with E-state index in [0.717, 1.165) is 44.4 Å². The average molecular weight is 406 g/mol. The summed E-state index contributed by atoms with van der Waals surface area (Å²) < 4.78 is 5.35. The Hall–Kier alpha value is -2.06. The number of nitrogens with zero attached hydrogens (tertiary/aromatic N) is 2. The highest BCUT2D eigenvalue weighted by atomic mass is 32.1. The maximum absolute atomic E-state index is 12.4. The fraction of sp³-hybridized carbons (Fsp3) is 0.600. The number of piperazine rings is 1. The monoisotopic (exact) mass is 405 g/mol. The fourth-order valence-electron chi connectivity index (χ4n) is 3.82. The van der Waals surface area contributed by atoms with E-state index in [4.69, 9.17) is 16.6 Å². The molecule has 2 heterocycles. The van der Waals surface area contributed by atoms with E-state index in [1.165, 1.54) is 4.90 Å². The first-order chi connectivity index (χ1) is 13.6. The van der Waals surface area contributed by atoms with Gasteiger partial charge in [0.1, 0.15) is 23.2 Å².